The van der Waals surface area contributed by atoms with E-state index in [1.807, 2.05) is 6.92 Å². The number of aromatic nitrogens is 2. The summed E-state index contributed by atoms with van der Waals surface area (Å²) in [6, 6.07) is 8.70. The molecule has 2 N–H and O–H groups in total. The summed E-state index contributed by atoms with van der Waals surface area (Å²) in [5.41, 5.74) is 0.168. The second-order valence-electron chi connectivity index (χ2n) is 6.51. The summed E-state index contributed by atoms with van der Waals surface area (Å²) < 4.78 is 28.5. The zero-order valence-corrected chi connectivity index (χ0v) is 15.8. The van der Waals surface area contributed by atoms with Crippen molar-refractivity contribution in [2.75, 3.05) is 5.32 Å². The van der Waals surface area contributed by atoms with E-state index in [-0.39, 0.29) is 22.2 Å². The fourth-order valence-electron chi connectivity index (χ4n) is 2.46. The Labute approximate surface area is 157 Å². The third-order valence-electron chi connectivity index (χ3n) is 4.12. The lowest BCUT2D eigenvalue weighted by Gasteiger charge is -2.10. The number of benzene rings is 1. The standard InChI is InChI=1S/C18H22N4O4S/c1-2-3-11-22-17(23)10-9-16(20-22)18(24)19-14-5-4-6-15(12-14)27(25,26)21-13-7-8-13/h4-6,9-10,12-13,21H,2-3,7-8,11H2,1H3,(H,19,24). The number of hydrogen-bond donors (Lipinski definition) is 2. The highest BCUT2D eigenvalue weighted by Gasteiger charge is 2.28. The number of amides is 1. The van der Waals surface area contributed by atoms with Crippen LogP contribution in [-0.4, -0.2) is 30.1 Å². The molecule has 1 aromatic carbocycles. The van der Waals surface area contributed by atoms with Crippen LogP contribution in [-0.2, 0) is 16.6 Å². The van der Waals surface area contributed by atoms with Gasteiger partial charge in [-0.1, -0.05) is 19.4 Å². The summed E-state index contributed by atoms with van der Waals surface area (Å²) in [7, 11) is -3.60. The summed E-state index contributed by atoms with van der Waals surface area (Å²) >= 11 is 0. The minimum Gasteiger partial charge on any atom is -0.321 e. The first-order valence-corrected chi connectivity index (χ1v) is 10.4. The van der Waals surface area contributed by atoms with E-state index in [9.17, 15) is 18.0 Å². The molecule has 27 heavy (non-hydrogen) atoms. The highest BCUT2D eigenvalue weighted by Crippen LogP contribution is 2.23. The van der Waals surface area contributed by atoms with Crippen LogP contribution in [0.3, 0.4) is 0 Å². The quantitative estimate of drug-likeness (QED) is 0.713. The molecule has 0 atom stereocenters. The highest BCUT2D eigenvalue weighted by atomic mass is 32.2. The van der Waals surface area contributed by atoms with Gasteiger partial charge in [-0.25, -0.2) is 17.8 Å². The molecule has 1 fully saturated rings. The molecule has 1 aliphatic rings. The van der Waals surface area contributed by atoms with Crippen LogP contribution in [0, 0.1) is 0 Å². The van der Waals surface area contributed by atoms with Gasteiger partial charge in [0.05, 0.1) is 4.90 Å². The number of carbonyl (C=O) groups excluding carboxylic acids is 1. The molecule has 3 rings (SSSR count). The molecule has 9 heteroatoms. The first kappa shape index (κ1) is 19.2. The molecule has 1 heterocycles. The molecule has 2 aromatic rings. The molecule has 1 aliphatic carbocycles. The van der Waals surface area contributed by atoms with Crippen molar-refractivity contribution in [2.45, 2.75) is 50.1 Å². The van der Waals surface area contributed by atoms with E-state index < -0.39 is 15.9 Å². The van der Waals surface area contributed by atoms with Crippen molar-refractivity contribution < 1.29 is 13.2 Å². The van der Waals surface area contributed by atoms with Crippen LogP contribution in [0.4, 0.5) is 5.69 Å². The first-order chi connectivity index (χ1) is 12.9. The van der Waals surface area contributed by atoms with Gasteiger partial charge >= 0.3 is 0 Å². The normalized spacial score (nSPS) is 14.1. The maximum Gasteiger partial charge on any atom is 0.276 e. The summed E-state index contributed by atoms with van der Waals surface area (Å²) in [5.74, 6) is -0.509. The van der Waals surface area contributed by atoms with Gasteiger partial charge in [-0.2, -0.15) is 5.10 Å². The minimum atomic E-state index is -3.60. The number of anilines is 1. The van der Waals surface area contributed by atoms with Crippen LogP contribution >= 0.6 is 0 Å². The number of hydrogen-bond acceptors (Lipinski definition) is 5. The fourth-order valence-corrected chi connectivity index (χ4v) is 3.81. The van der Waals surface area contributed by atoms with Crippen LogP contribution < -0.4 is 15.6 Å². The molecule has 0 radical (unpaired) electrons. The number of carbonyl (C=O) groups is 1. The van der Waals surface area contributed by atoms with Crippen molar-refractivity contribution in [3.05, 3.63) is 52.4 Å². The van der Waals surface area contributed by atoms with Crippen molar-refractivity contribution >= 4 is 21.6 Å². The van der Waals surface area contributed by atoms with E-state index in [1.165, 1.54) is 28.9 Å². The van der Waals surface area contributed by atoms with E-state index in [0.29, 0.717) is 12.2 Å². The lowest BCUT2D eigenvalue weighted by molar-refractivity contribution is 0.101. The van der Waals surface area contributed by atoms with Gasteiger partial charge in [0.15, 0.2) is 0 Å². The van der Waals surface area contributed by atoms with Crippen molar-refractivity contribution in [3.8, 4) is 0 Å². The molecule has 0 unspecified atom stereocenters. The van der Waals surface area contributed by atoms with Crippen LogP contribution in [0.2, 0.25) is 0 Å². The third-order valence-corrected chi connectivity index (χ3v) is 5.64. The number of nitrogens with zero attached hydrogens (tertiary/aromatic N) is 2. The van der Waals surface area contributed by atoms with Crippen molar-refractivity contribution in [2.24, 2.45) is 0 Å². The molecule has 1 aromatic heterocycles. The van der Waals surface area contributed by atoms with E-state index in [4.69, 9.17) is 0 Å². The van der Waals surface area contributed by atoms with Gasteiger partial charge in [-0.3, -0.25) is 9.59 Å². The zero-order valence-electron chi connectivity index (χ0n) is 15.0. The summed E-state index contributed by atoms with van der Waals surface area (Å²) in [6.07, 6.45) is 3.37. The Balaban J connectivity index is 1.76. The van der Waals surface area contributed by atoms with Gasteiger partial charge in [0.2, 0.25) is 10.0 Å². The SMILES string of the molecule is CCCCn1nc(C(=O)Nc2cccc(S(=O)(=O)NC3CC3)c2)ccc1=O. The summed E-state index contributed by atoms with van der Waals surface area (Å²) in [4.78, 5) is 24.3. The average Bonchev–Trinajstić information content (AvgIpc) is 3.44. The minimum absolute atomic E-state index is 0.00150. The fraction of sp³-hybridized carbons (Fsp3) is 0.389. The number of sulfonamides is 1. The smallest absolute Gasteiger partial charge is 0.276 e. The molecule has 8 nitrogen and oxygen atoms in total. The summed E-state index contributed by atoms with van der Waals surface area (Å²) in [5, 5.41) is 6.72. The van der Waals surface area contributed by atoms with Gasteiger partial charge < -0.3 is 5.32 Å². The Bertz CT molecular complexity index is 996. The van der Waals surface area contributed by atoms with Gasteiger partial charge in [0, 0.05) is 24.3 Å². The first-order valence-electron chi connectivity index (χ1n) is 8.91. The molecule has 0 aliphatic heterocycles. The maximum absolute atomic E-state index is 12.4. The Morgan fingerprint density at radius 1 is 1.26 bits per heavy atom. The number of rotatable bonds is 8. The molecule has 0 saturated heterocycles. The monoisotopic (exact) mass is 390 g/mol. The summed E-state index contributed by atoms with van der Waals surface area (Å²) in [6.45, 7) is 2.44. The Kier molecular flexibility index (Phi) is 5.71. The Morgan fingerprint density at radius 2 is 2.04 bits per heavy atom. The largest absolute Gasteiger partial charge is 0.321 e. The number of nitrogens with one attached hydrogen (secondary N) is 2. The van der Waals surface area contributed by atoms with Crippen molar-refractivity contribution in [3.63, 3.8) is 0 Å². The van der Waals surface area contributed by atoms with Gasteiger partial charge in [0.1, 0.15) is 5.69 Å². The Hall–Kier alpha value is -2.52. The lowest BCUT2D eigenvalue weighted by Crippen LogP contribution is -2.27. The molecule has 1 amide bonds. The van der Waals surface area contributed by atoms with Crippen molar-refractivity contribution in [1.82, 2.24) is 14.5 Å². The number of unbranched alkanes of at least 4 members (excludes halogenated alkanes) is 1. The predicted octanol–water partition coefficient (Wildman–Crippen LogP) is 1.74. The van der Waals surface area contributed by atoms with E-state index in [2.05, 4.69) is 15.1 Å². The van der Waals surface area contributed by atoms with E-state index in [0.717, 1.165) is 25.7 Å². The van der Waals surface area contributed by atoms with E-state index >= 15 is 0 Å². The second-order valence-corrected chi connectivity index (χ2v) is 8.23. The van der Waals surface area contributed by atoms with Crippen molar-refractivity contribution in [1.29, 1.82) is 0 Å². The van der Waals surface area contributed by atoms with Gasteiger partial charge in [-0.05, 0) is 43.5 Å². The Morgan fingerprint density at radius 3 is 2.74 bits per heavy atom. The molecule has 0 spiro atoms. The van der Waals surface area contributed by atoms with E-state index in [1.54, 1.807) is 12.1 Å². The predicted molar refractivity (Wildman–Crippen MR) is 101 cm³/mol. The van der Waals surface area contributed by atoms with Crippen LogP contribution in [0.1, 0.15) is 43.1 Å². The molecule has 144 valence electrons. The third kappa shape index (κ3) is 5.01. The van der Waals surface area contributed by atoms with Crippen LogP contribution in [0.25, 0.3) is 0 Å². The molecular formula is C18H22N4O4S. The molecule has 0 bridgehead atoms. The van der Waals surface area contributed by atoms with Gasteiger partial charge in [0.25, 0.3) is 11.5 Å². The highest BCUT2D eigenvalue weighted by molar-refractivity contribution is 7.89. The molecular weight excluding hydrogens is 368 g/mol. The lowest BCUT2D eigenvalue weighted by atomic mass is 10.3. The van der Waals surface area contributed by atoms with Gasteiger partial charge in [-0.15, -0.1) is 0 Å². The zero-order chi connectivity index (χ0) is 19.4. The number of aryl methyl sites for hydroxylation is 1. The second kappa shape index (κ2) is 8.01. The topological polar surface area (TPSA) is 110 Å². The molecule has 1 saturated carbocycles. The van der Waals surface area contributed by atoms with Crippen LogP contribution in [0.15, 0.2) is 46.1 Å². The average molecular weight is 390 g/mol. The maximum atomic E-state index is 12.4. The van der Waals surface area contributed by atoms with Crippen LogP contribution in [0.5, 0.6) is 0 Å².